The van der Waals surface area contributed by atoms with Crippen LogP contribution in [0.3, 0.4) is 0 Å². The normalized spacial score (nSPS) is 21.7. The molecule has 2 unspecified atom stereocenters. The van der Waals surface area contributed by atoms with Crippen molar-refractivity contribution in [2.24, 2.45) is 5.41 Å². The smallest absolute Gasteiger partial charge is 0.337 e. The molecule has 0 bridgehead atoms. The van der Waals surface area contributed by atoms with E-state index in [1.54, 1.807) is 12.1 Å². The van der Waals surface area contributed by atoms with E-state index in [1.807, 2.05) is 30.3 Å². The lowest BCUT2D eigenvalue weighted by atomic mass is 9.79. The minimum absolute atomic E-state index is 0.226. The van der Waals surface area contributed by atoms with E-state index in [0.29, 0.717) is 24.8 Å². The first kappa shape index (κ1) is 19.2. The van der Waals surface area contributed by atoms with Crippen LogP contribution in [0.25, 0.3) is 0 Å². The summed E-state index contributed by atoms with van der Waals surface area (Å²) in [5, 5.41) is 9.91. The Hall–Kier alpha value is -2.62. The lowest BCUT2D eigenvalue weighted by Crippen LogP contribution is -2.28. The van der Waals surface area contributed by atoms with E-state index in [0.717, 1.165) is 24.8 Å². The van der Waals surface area contributed by atoms with Gasteiger partial charge in [-0.1, -0.05) is 42.5 Å². The summed E-state index contributed by atoms with van der Waals surface area (Å²) in [6.45, 7) is 0. The van der Waals surface area contributed by atoms with Crippen LogP contribution in [0.2, 0.25) is 0 Å². The maximum Gasteiger partial charge on any atom is 0.337 e. The first-order valence-electron chi connectivity index (χ1n) is 9.50. The third kappa shape index (κ3) is 4.38. The monoisotopic (exact) mass is 366 g/mol. The Balaban J connectivity index is 1.64. The van der Waals surface area contributed by atoms with Crippen LogP contribution in [0.5, 0.6) is 0 Å². The van der Waals surface area contributed by atoms with Crippen molar-refractivity contribution in [1.29, 1.82) is 0 Å². The Labute approximate surface area is 160 Å². The Morgan fingerprint density at radius 3 is 2.44 bits per heavy atom. The molecule has 2 aromatic rings. The van der Waals surface area contributed by atoms with E-state index < -0.39 is 11.4 Å². The molecule has 1 aliphatic carbocycles. The Bertz CT molecular complexity index is 782. The van der Waals surface area contributed by atoms with Crippen molar-refractivity contribution in [3.63, 3.8) is 0 Å². The second-order valence-corrected chi connectivity index (χ2v) is 7.48. The molecule has 1 fully saturated rings. The van der Waals surface area contributed by atoms with Crippen LogP contribution < -0.4 is 0 Å². The number of aliphatic carboxylic acids is 1. The number of hydrogen-bond acceptors (Lipinski definition) is 3. The lowest BCUT2D eigenvalue weighted by Gasteiger charge is -2.24. The van der Waals surface area contributed by atoms with Crippen molar-refractivity contribution in [2.45, 2.75) is 44.4 Å². The van der Waals surface area contributed by atoms with Gasteiger partial charge in [0.05, 0.1) is 18.1 Å². The van der Waals surface area contributed by atoms with Crippen molar-refractivity contribution in [3.8, 4) is 0 Å². The van der Waals surface area contributed by atoms with Gasteiger partial charge in [0.25, 0.3) is 0 Å². The molecule has 0 amide bonds. The number of methoxy groups -OCH3 is 1. The topological polar surface area (TPSA) is 63.6 Å². The summed E-state index contributed by atoms with van der Waals surface area (Å²) in [5.41, 5.74) is 2.24. The van der Waals surface area contributed by atoms with Crippen LogP contribution in [-0.4, -0.2) is 24.2 Å². The number of aryl methyl sites for hydroxylation is 1. The number of hydrogen-bond donors (Lipinski definition) is 1. The van der Waals surface area contributed by atoms with Gasteiger partial charge < -0.3 is 9.84 Å². The predicted octanol–water partition coefficient (Wildman–Crippen LogP) is 4.83. The first-order valence-corrected chi connectivity index (χ1v) is 9.50. The highest BCUT2D eigenvalue weighted by molar-refractivity contribution is 5.89. The number of ether oxygens (including phenoxy) is 1. The number of carbonyl (C=O) groups excluding carboxylic acids is 1. The maximum atomic E-state index is 12.1. The minimum Gasteiger partial charge on any atom is -0.481 e. The number of benzene rings is 2. The van der Waals surface area contributed by atoms with Gasteiger partial charge in [0.15, 0.2) is 0 Å². The van der Waals surface area contributed by atoms with E-state index in [1.165, 1.54) is 12.7 Å². The standard InChI is InChI=1S/C23H26O4/c1-27-21(24)19-11-9-18(10-12-19)20-13-15-23(16-20,22(25)26)14-5-8-17-6-3-2-4-7-17/h2-4,6-7,9-12,20H,5,8,13-16H2,1H3,(H,25,26). The Kier molecular flexibility index (Phi) is 5.94. The Morgan fingerprint density at radius 1 is 1.11 bits per heavy atom. The molecular weight excluding hydrogens is 340 g/mol. The molecule has 1 saturated carbocycles. The summed E-state index contributed by atoms with van der Waals surface area (Å²) in [7, 11) is 1.36. The molecule has 27 heavy (non-hydrogen) atoms. The largest absolute Gasteiger partial charge is 0.481 e. The van der Waals surface area contributed by atoms with Crippen molar-refractivity contribution < 1.29 is 19.4 Å². The molecule has 142 valence electrons. The van der Waals surface area contributed by atoms with Crippen LogP contribution >= 0.6 is 0 Å². The molecule has 1 N–H and O–H groups in total. The van der Waals surface area contributed by atoms with E-state index in [-0.39, 0.29) is 11.9 Å². The van der Waals surface area contributed by atoms with E-state index >= 15 is 0 Å². The summed E-state index contributed by atoms with van der Waals surface area (Å²) >= 11 is 0. The van der Waals surface area contributed by atoms with Gasteiger partial charge in [0, 0.05) is 0 Å². The number of carbonyl (C=O) groups is 2. The average molecular weight is 366 g/mol. The average Bonchev–Trinajstić information content (AvgIpc) is 3.14. The quantitative estimate of drug-likeness (QED) is 0.713. The zero-order valence-corrected chi connectivity index (χ0v) is 15.7. The number of carboxylic acid groups (broad SMARTS) is 1. The zero-order valence-electron chi connectivity index (χ0n) is 15.7. The highest BCUT2D eigenvalue weighted by Gasteiger charge is 2.45. The van der Waals surface area contributed by atoms with E-state index in [2.05, 4.69) is 12.1 Å². The van der Waals surface area contributed by atoms with Crippen LogP contribution in [0.15, 0.2) is 54.6 Å². The lowest BCUT2D eigenvalue weighted by molar-refractivity contribution is -0.149. The van der Waals surface area contributed by atoms with Gasteiger partial charge in [-0.3, -0.25) is 4.79 Å². The molecule has 0 radical (unpaired) electrons. The third-order valence-corrected chi connectivity index (χ3v) is 5.83. The summed E-state index contributed by atoms with van der Waals surface area (Å²) < 4.78 is 4.73. The van der Waals surface area contributed by atoms with Gasteiger partial charge in [0.1, 0.15) is 0 Å². The van der Waals surface area contributed by atoms with E-state index in [4.69, 9.17) is 4.74 Å². The molecule has 4 heteroatoms. The Morgan fingerprint density at radius 2 is 1.81 bits per heavy atom. The molecule has 0 aliphatic heterocycles. The number of rotatable bonds is 7. The van der Waals surface area contributed by atoms with Gasteiger partial charge in [-0.25, -0.2) is 4.79 Å². The minimum atomic E-state index is -0.677. The first-order chi connectivity index (χ1) is 13.0. The van der Waals surface area contributed by atoms with Gasteiger partial charge in [0.2, 0.25) is 0 Å². The van der Waals surface area contributed by atoms with E-state index in [9.17, 15) is 14.7 Å². The number of carboxylic acids is 1. The molecule has 0 heterocycles. The van der Waals surface area contributed by atoms with Crippen molar-refractivity contribution >= 4 is 11.9 Å². The summed E-state index contributed by atoms with van der Waals surface area (Å²) in [6.07, 6.45) is 4.73. The summed E-state index contributed by atoms with van der Waals surface area (Å²) in [5.74, 6) is -0.803. The molecule has 2 atom stereocenters. The van der Waals surface area contributed by atoms with Crippen LogP contribution in [0, 0.1) is 5.41 Å². The van der Waals surface area contributed by atoms with Gasteiger partial charge in [-0.15, -0.1) is 0 Å². The molecule has 0 aromatic heterocycles. The van der Waals surface area contributed by atoms with Crippen LogP contribution in [0.1, 0.15) is 59.5 Å². The fourth-order valence-electron chi connectivity index (χ4n) is 4.22. The van der Waals surface area contributed by atoms with Gasteiger partial charge in [-0.2, -0.15) is 0 Å². The molecule has 4 nitrogen and oxygen atoms in total. The fourth-order valence-corrected chi connectivity index (χ4v) is 4.22. The predicted molar refractivity (Wildman–Crippen MR) is 104 cm³/mol. The second kappa shape index (κ2) is 8.38. The summed E-state index contributed by atoms with van der Waals surface area (Å²) in [6, 6.07) is 17.6. The van der Waals surface area contributed by atoms with Crippen LogP contribution in [-0.2, 0) is 16.0 Å². The van der Waals surface area contributed by atoms with Crippen LogP contribution in [0.4, 0.5) is 0 Å². The van der Waals surface area contributed by atoms with Crippen molar-refractivity contribution in [1.82, 2.24) is 0 Å². The van der Waals surface area contributed by atoms with Gasteiger partial charge >= 0.3 is 11.9 Å². The second-order valence-electron chi connectivity index (χ2n) is 7.48. The highest BCUT2D eigenvalue weighted by atomic mass is 16.5. The number of esters is 1. The highest BCUT2D eigenvalue weighted by Crippen LogP contribution is 2.49. The molecule has 0 spiro atoms. The zero-order chi connectivity index (χ0) is 19.3. The fraction of sp³-hybridized carbons (Fsp3) is 0.391. The molecule has 1 aliphatic rings. The maximum absolute atomic E-state index is 12.1. The molecular formula is C23H26O4. The molecule has 0 saturated heterocycles. The molecule has 3 rings (SSSR count). The summed E-state index contributed by atoms with van der Waals surface area (Å²) in [4.78, 5) is 23.6. The van der Waals surface area contributed by atoms with Crippen molar-refractivity contribution in [3.05, 3.63) is 71.3 Å². The van der Waals surface area contributed by atoms with Gasteiger partial charge in [-0.05, 0) is 67.7 Å². The third-order valence-electron chi connectivity index (χ3n) is 5.83. The van der Waals surface area contributed by atoms with Crippen molar-refractivity contribution in [2.75, 3.05) is 7.11 Å². The molecule has 2 aromatic carbocycles. The SMILES string of the molecule is COC(=O)c1ccc(C2CCC(CCCc3ccccc3)(C(=O)O)C2)cc1.